The number of carboxylic acid groups (broad SMARTS) is 1. The molecule has 0 radical (unpaired) electrons. The van der Waals surface area contributed by atoms with Gasteiger partial charge in [-0.1, -0.05) is 6.07 Å². The predicted octanol–water partition coefficient (Wildman–Crippen LogP) is 3.08. The standard InChI is InChI=1S/C13H12FNO2S/c14-11-4-3-9(8-18-7-5-12(16)17)13-10(11)2-1-6-15-13/h1-4,6H,5,7-8H2,(H,16,17). The lowest BCUT2D eigenvalue weighted by molar-refractivity contribution is -0.136. The summed E-state index contributed by atoms with van der Waals surface area (Å²) in [7, 11) is 0. The van der Waals surface area contributed by atoms with Crippen LogP contribution < -0.4 is 0 Å². The number of pyridine rings is 1. The summed E-state index contributed by atoms with van der Waals surface area (Å²) in [6.45, 7) is 0. The summed E-state index contributed by atoms with van der Waals surface area (Å²) in [5.74, 6) is 0.101. The number of fused-ring (bicyclic) bond motifs is 1. The minimum atomic E-state index is -0.801. The largest absolute Gasteiger partial charge is 0.481 e. The maximum atomic E-state index is 13.5. The van der Waals surface area contributed by atoms with Crippen LogP contribution in [0.3, 0.4) is 0 Å². The molecule has 0 bridgehead atoms. The monoisotopic (exact) mass is 265 g/mol. The van der Waals surface area contributed by atoms with Crippen LogP contribution in [0.15, 0.2) is 30.5 Å². The third kappa shape index (κ3) is 2.98. The SMILES string of the molecule is O=C(O)CCSCc1ccc(F)c2cccnc12. The van der Waals surface area contributed by atoms with Gasteiger partial charge in [0.1, 0.15) is 5.82 Å². The molecule has 0 fully saturated rings. The zero-order chi connectivity index (χ0) is 13.0. The highest BCUT2D eigenvalue weighted by atomic mass is 32.2. The van der Waals surface area contributed by atoms with Gasteiger partial charge in [0.15, 0.2) is 0 Å². The Balaban J connectivity index is 2.14. The van der Waals surface area contributed by atoms with Crippen molar-refractivity contribution in [1.29, 1.82) is 0 Å². The van der Waals surface area contributed by atoms with Crippen molar-refractivity contribution in [2.45, 2.75) is 12.2 Å². The summed E-state index contributed by atoms with van der Waals surface area (Å²) in [4.78, 5) is 14.6. The van der Waals surface area contributed by atoms with E-state index in [2.05, 4.69) is 4.98 Å². The molecule has 0 spiro atoms. The molecule has 0 saturated carbocycles. The number of carboxylic acids is 1. The molecule has 0 unspecified atom stereocenters. The number of hydrogen-bond donors (Lipinski definition) is 1. The molecule has 0 saturated heterocycles. The van der Waals surface area contributed by atoms with Gasteiger partial charge in [0.25, 0.3) is 0 Å². The van der Waals surface area contributed by atoms with Gasteiger partial charge in [0, 0.05) is 23.1 Å². The Kier molecular flexibility index (Phi) is 4.15. The Bertz CT molecular complexity index is 574. The molecule has 1 aromatic heterocycles. The molecule has 0 aliphatic heterocycles. The van der Waals surface area contributed by atoms with Crippen molar-refractivity contribution in [2.24, 2.45) is 0 Å². The summed E-state index contributed by atoms with van der Waals surface area (Å²) in [6, 6.07) is 6.53. The van der Waals surface area contributed by atoms with E-state index in [1.807, 2.05) is 0 Å². The molecule has 2 aromatic rings. The van der Waals surface area contributed by atoms with E-state index in [9.17, 15) is 9.18 Å². The maximum Gasteiger partial charge on any atom is 0.304 e. The number of halogens is 1. The molecule has 0 amide bonds. The highest BCUT2D eigenvalue weighted by Crippen LogP contribution is 2.23. The molecule has 0 atom stereocenters. The molecule has 5 heteroatoms. The van der Waals surface area contributed by atoms with Crippen molar-refractivity contribution in [3.63, 3.8) is 0 Å². The van der Waals surface area contributed by atoms with E-state index in [1.165, 1.54) is 17.8 Å². The van der Waals surface area contributed by atoms with Gasteiger partial charge in [-0.15, -0.1) is 0 Å². The van der Waals surface area contributed by atoms with Crippen LogP contribution in [0.4, 0.5) is 4.39 Å². The van der Waals surface area contributed by atoms with Crippen LogP contribution in [-0.4, -0.2) is 21.8 Å². The number of benzene rings is 1. The normalized spacial score (nSPS) is 10.7. The quantitative estimate of drug-likeness (QED) is 0.844. The van der Waals surface area contributed by atoms with Gasteiger partial charge in [-0.3, -0.25) is 9.78 Å². The fraction of sp³-hybridized carbons (Fsp3) is 0.231. The molecule has 3 nitrogen and oxygen atoms in total. The molecule has 1 N–H and O–H groups in total. The zero-order valence-corrected chi connectivity index (χ0v) is 10.4. The van der Waals surface area contributed by atoms with Crippen molar-refractivity contribution in [2.75, 3.05) is 5.75 Å². The second-order valence-electron chi connectivity index (χ2n) is 3.80. The first-order chi connectivity index (χ1) is 8.68. The molecular weight excluding hydrogens is 253 g/mol. The van der Waals surface area contributed by atoms with E-state index in [1.54, 1.807) is 24.4 Å². The predicted molar refractivity (Wildman–Crippen MR) is 70.1 cm³/mol. The topological polar surface area (TPSA) is 50.2 Å². The Morgan fingerprint density at radius 2 is 2.22 bits per heavy atom. The third-order valence-corrected chi connectivity index (χ3v) is 3.53. The van der Waals surface area contributed by atoms with Crippen LogP contribution in [-0.2, 0) is 10.5 Å². The van der Waals surface area contributed by atoms with Crippen LogP contribution in [0.5, 0.6) is 0 Å². The number of aliphatic carboxylic acids is 1. The number of hydrogen-bond acceptors (Lipinski definition) is 3. The van der Waals surface area contributed by atoms with Crippen LogP contribution in [0, 0.1) is 5.82 Å². The lowest BCUT2D eigenvalue weighted by Crippen LogP contribution is -1.97. The Hall–Kier alpha value is -1.62. The first-order valence-electron chi connectivity index (χ1n) is 5.50. The highest BCUT2D eigenvalue weighted by molar-refractivity contribution is 7.98. The third-order valence-electron chi connectivity index (χ3n) is 2.52. The first-order valence-corrected chi connectivity index (χ1v) is 6.65. The molecule has 1 aromatic carbocycles. The van der Waals surface area contributed by atoms with Crippen LogP contribution in [0.2, 0.25) is 0 Å². The van der Waals surface area contributed by atoms with Crippen molar-refractivity contribution in [1.82, 2.24) is 4.98 Å². The van der Waals surface area contributed by atoms with E-state index in [0.29, 0.717) is 22.4 Å². The molecule has 2 rings (SSSR count). The minimum Gasteiger partial charge on any atom is -0.481 e. The minimum absolute atomic E-state index is 0.136. The van der Waals surface area contributed by atoms with Crippen LogP contribution >= 0.6 is 11.8 Å². The van der Waals surface area contributed by atoms with E-state index >= 15 is 0 Å². The molecule has 1 heterocycles. The van der Waals surface area contributed by atoms with Crippen molar-refractivity contribution >= 4 is 28.6 Å². The molecule has 94 valence electrons. The average Bonchev–Trinajstić information content (AvgIpc) is 2.37. The van der Waals surface area contributed by atoms with Gasteiger partial charge in [-0.05, 0) is 23.8 Å². The lowest BCUT2D eigenvalue weighted by atomic mass is 10.1. The van der Waals surface area contributed by atoms with Crippen LogP contribution in [0.25, 0.3) is 10.9 Å². The van der Waals surface area contributed by atoms with Gasteiger partial charge in [-0.2, -0.15) is 11.8 Å². The fourth-order valence-electron chi connectivity index (χ4n) is 1.65. The van der Waals surface area contributed by atoms with Crippen molar-refractivity contribution in [3.8, 4) is 0 Å². The molecule has 0 aliphatic rings. The maximum absolute atomic E-state index is 13.5. The van der Waals surface area contributed by atoms with E-state index in [-0.39, 0.29) is 12.2 Å². The van der Waals surface area contributed by atoms with E-state index in [4.69, 9.17) is 5.11 Å². The Morgan fingerprint density at radius 3 is 3.00 bits per heavy atom. The summed E-state index contributed by atoms with van der Waals surface area (Å²) in [6.07, 6.45) is 1.77. The average molecular weight is 265 g/mol. The van der Waals surface area contributed by atoms with Gasteiger partial charge >= 0.3 is 5.97 Å². The van der Waals surface area contributed by atoms with Gasteiger partial charge in [0.05, 0.1) is 11.9 Å². The Labute approximate surface area is 108 Å². The van der Waals surface area contributed by atoms with Crippen molar-refractivity contribution in [3.05, 3.63) is 41.8 Å². The molecular formula is C13H12FNO2S. The van der Waals surface area contributed by atoms with Crippen molar-refractivity contribution < 1.29 is 14.3 Å². The fourth-order valence-corrected chi connectivity index (χ4v) is 2.57. The first kappa shape index (κ1) is 12.8. The number of carbonyl (C=O) groups is 1. The van der Waals surface area contributed by atoms with Crippen LogP contribution in [0.1, 0.15) is 12.0 Å². The highest BCUT2D eigenvalue weighted by Gasteiger charge is 2.07. The Morgan fingerprint density at radius 1 is 1.39 bits per heavy atom. The summed E-state index contributed by atoms with van der Waals surface area (Å²) >= 11 is 1.51. The number of nitrogens with zero attached hydrogens (tertiary/aromatic N) is 1. The number of aromatic nitrogens is 1. The number of rotatable bonds is 5. The zero-order valence-electron chi connectivity index (χ0n) is 9.60. The summed E-state index contributed by atoms with van der Waals surface area (Å²) in [5.41, 5.74) is 1.59. The van der Waals surface area contributed by atoms with E-state index < -0.39 is 5.97 Å². The van der Waals surface area contributed by atoms with Gasteiger partial charge in [-0.25, -0.2) is 4.39 Å². The van der Waals surface area contributed by atoms with Gasteiger partial charge in [0.2, 0.25) is 0 Å². The summed E-state index contributed by atoms with van der Waals surface area (Å²) in [5, 5.41) is 9.05. The molecule has 18 heavy (non-hydrogen) atoms. The number of thioether (sulfide) groups is 1. The second-order valence-corrected chi connectivity index (χ2v) is 4.91. The van der Waals surface area contributed by atoms with E-state index in [0.717, 1.165) is 5.56 Å². The second kappa shape index (κ2) is 5.82. The summed E-state index contributed by atoms with van der Waals surface area (Å²) < 4.78 is 13.5. The molecule has 0 aliphatic carbocycles. The van der Waals surface area contributed by atoms with Gasteiger partial charge < -0.3 is 5.11 Å². The smallest absolute Gasteiger partial charge is 0.304 e. The lowest BCUT2D eigenvalue weighted by Gasteiger charge is -2.05.